The highest BCUT2D eigenvalue weighted by molar-refractivity contribution is 7.99. The Bertz CT molecular complexity index is 1770. The number of aryl methyl sites for hydroxylation is 1. The number of rotatable bonds is 12. The Morgan fingerprint density at radius 2 is 1.87 bits per heavy atom. The smallest absolute Gasteiger partial charge is 0.410 e. The van der Waals surface area contributed by atoms with Crippen molar-refractivity contribution >= 4 is 45.3 Å². The van der Waals surface area contributed by atoms with Crippen LogP contribution in [0.15, 0.2) is 35.5 Å². The number of amides is 1. The van der Waals surface area contributed by atoms with Crippen molar-refractivity contribution in [1.82, 2.24) is 19.9 Å². The van der Waals surface area contributed by atoms with Crippen LogP contribution in [0.25, 0.3) is 32.9 Å². The summed E-state index contributed by atoms with van der Waals surface area (Å²) in [5.41, 5.74) is 6.93. The molecule has 0 aliphatic heterocycles. The van der Waals surface area contributed by atoms with Crippen molar-refractivity contribution in [3.05, 3.63) is 53.2 Å². The van der Waals surface area contributed by atoms with Crippen LogP contribution < -0.4 is 5.73 Å². The number of thioether (sulfide) groups is 1. The van der Waals surface area contributed by atoms with Crippen molar-refractivity contribution in [2.24, 2.45) is 5.92 Å². The molecule has 244 valence electrons. The van der Waals surface area contributed by atoms with Crippen molar-refractivity contribution in [2.45, 2.75) is 84.4 Å². The van der Waals surface area contributed by atoms with Crippen LogP contribution in [0.2, 0.25) is 0 Å². The molecule has 1 amide bonds. The number of benzene rings is 2. The number of unbranched alkanes of at least 4 members (excludes halogenated alkanes) is 1. The molecule has 0 saturated heterocycles. The summed E-state index contributed by atoms with van der Waals surface area (Å²) in [6.45, 7) is 12.9. The molecule has 46 heavy (non-hydrogen) atoms. The van der Waals surface area contributed by atoms with Gasteiger partial charge >= 0.3 is 6.09 Å². The number of pyridine rings is 1. The highest BCUT2D eigenvalue weighted by Gasteiger charge is 2.25. The van der Waals surface area contributed by atoms with Crippen LogP contribution in [-0.2, 0) is 11.2 Å². The van der Waals surface area contributed by atoms with Crippen LogP contribution in [0.5, 0.6) is 0 Å². The fraction of sp³-hybridized carbons (Fsp3) is 0.444. The second kappa shape index (κ2) is 15.1. The van der Waals surface area contributed by atoms with E-state index in [0.29, 0.717) is 64.3 Å². The number of halogens is 2. The number of carbonyl (C=O) groups excluding carboxylic acids is 1. The van der Waals surface area contributed by atoms with Crippen LogP contribution in [0.3, 0.4) is 0 Å². The van der Waals surface area contributed by atoms with Crippen molar-refractivity contribution in [3.63, 3.8) is 0 Å². The summed E-state index contributed by atoms with van der Waals surface area (Å²) in [6.07, 6.45) is 9.18. The van der Waals surface area contributed by atoms with E-state index in [0.717, 1.165) is 19.3 Å². The molecule has 0 spiro atoms. The fourth-order valence-electron chi connectivity index (χ4n) is 5.52. The Kier molecular flexibility index (Phi) is 11.4. The van der Waals surface area contributed by atoms with E-state index in [-0.39, 0.29) is 34.6 Å². The average Bonchev–Trinajstić information content (AvgIpc) is 2.99. The van der Waals surface area contributed by atoms with Gasteiger partial charge in [0.2, 0.25) is 0 Å². The third-order valence-corrected chi connectivity index (χ3v) is 8.34. The van der Waals surface area contributed by atoms with E-state index in [4.69, 9.17) is 21.9 Å². The number of hydrogen-bond donors (Lipinski definition) is 1. The van der Waals surface area contributed by atoms with Crippen molar-refractivity contribution < 1.29 is 18.3 Å². The second-order valence-corrected chi connectivity index (χ2v) is 13.7. The highest BCUT2D eigenvalue weighted by atomic mass is 32.2. The Morgan fingerprint density at radius 1 is 1.11 bits per heavy atom. The van der Waals surface area contributed by atoms with Gasteiger partial charge in [-0.2, -0.15) is 0 Å². The fourth-order valence-corrected chi connectivity index (χ4v) is 6.09. The van der Waals surface area contributed by atoms with E-state index in [1.54, 1.807) is 29.2 Å². The molecule has 0 radical (unpaired) electrons. The van der Waals surface area contributed by atoms with Crippen LogP contribution in [-0.4, -0.2) is 50.4 Å². The molecule has 0 saturated carbocycles. The molecular weight excluding hydrogens is 604 g/mol. The van der Waals surface area contributed by atoms with Crippen LogP contribution >= 0.6 is 11.8 Å². The van der Waals surface area contributed by atoms with Gasteiger partial charge in [0.15, 0.2) is 11.0 Å². The van der Waals surface area contributed by atoms with Gasteiger partial charge in [0, 0.05) is 24.0 Å². The SMILES string of the molecule is C#Cc1c(F)ccc2cccc(-c3nc(CCCC(C)CN(CCCC)C(=O)OC(C)(C)C)c4c(N)nc(SCC)nc4c3F)c12. The summed E-state index contributed by atoms with van der Waals surface area (Å²) in [5.74, 6) is 2.21. The number of aromatic nitrogens is 3. The first-order valence-electron chi connectivity index (χ1n) is 15.8. The zero-order valence-corrected chi connectivity index (χ0v) is 28.4. The Morgan fingerprint density at radius 3 is 2.54 bits per heavy atom. The van der Waals surface area contributed by atoms with Gasteiger partial charge in [-0.3, -0.25) is 0 Å². The summed E-state index contributed by atoms with van der Waals surface area (Å²) in [6, 6.07) is 8.20. The van der Waals surface area contributed by atoms with E-state index < -0.39 is 17.2 Å². The van der Waals surface area contributed by atoms with Gasteiger partial charge < -0.3 is 15.4 Å². The van der Waals surface area contributed by atoms with Gasteiger partial charge in [-0.1, -0.05) is 69.1 Å². The molecular formula is C36H43F2N5O2S. The second-order valence-electron chi connectivity index (χ2n) is 12.5. The molecule has 0 bridgehead atoms. The maximum absolute atomic E-state index is 16.5. The molecule has 2 aromatic carbocycles. The summed E-state index contributed by atoms with van der Waals surface area (Å²) in [7, 11) is 0. The van der Waals surface area contributed by atoms with Crippen LogP contribution in [0.4, 0.5) is 19.4 Å². The maximum atomic E-state index is 16.5. The molecule has 1 unspecified atom stereocenters. The molecule has 0 aliphatic carbocycles. The predicted molar refractivity (Wildman–Crippen MR) is 184 cm³/mol. The molecule has 4 rings (SSSR count). The summed E-state index contributed by atoms with van der Waals surface area (Å²) >= 11 is 1.36. The van der Waals surface area contributed by atoms with Crippen molar-refractivity contribution in [1.29, 1.82) is 0 Å². The first-order chi connectivity index (χ1) is 21.9. The zero-order chi connectivity index (χ0) is 33.6. The predicted octanol–water partition coefficient (Wildman–Crippen LogP) is 8.79. The van der Waals surface area contributed by atoms with Gasteiger partial charge in [-0.25, -0.2) is 28.5 Å². The number of nitrogen functional groups attached to an aromatic ring is 1. The first-order valence-corrected chi connectivity index (χ1v) is 16.8. The van der Waals surface area contributed by atoms with Crippen molar-refractivity contribution in [3.8, 4) is 23.6 Å². The summed E-state index contributed by atoms with van der Waals surface area (Å²) < 4.78 is 37.0. The first kappa shape index (κ1) is 34.9. The lowest BCUT2D eigenvalue weighted by Gasteiger charge is -2.29. The largest absolute Gasteiger partial charge is 0.444 e. The summed E-state index contributed by atoms with van der Waals surface area (Å²) in [5, 5.41) is 1.82. The number of anilines is 1. The quantitative estimate of drug-likeness (QED) is 0.0933. The minimum Gasteiger partial charge on any atom is -0.444 e. The summed E-state index contributed by atoms with van der Waals surface area (Å²) in [4.78, 5) is 28.5. The molecule has 0 aliphatic rings. The number of hydrogen-bond acceptors (Lipinski definition) is 7. The minimum atomic E-state index is -0.664. The monoisotopic (exact) mass is 647 g/mol. The number of nitrogens with zero attached hydrogens (tertiary/aromatic N) is 4. The van der Waals surface area contributed by atoms with Gasteiger partial charge in [-0.15, -0.1) is 6.42 Å². The normalized spacial score (nSPS) is 12.3. The number of fused-ring (bicyclic) bond motifs is 2. The van der Waals surface area contributed by atoms with Crippen molar-refractivity contribution in [2.75, 3.05) is 24.6 Å². The van der Waals surface area contributed by atoms with Gasteiger partial charge in [0.25, 0.3) is 0 Å². The Labute approximate surface area is 274 Å². The Balaban J connectivity index is 1.72. The lowest BCUT2D eigenvalue weighted by atomic mass is 9.95. The van der Waals surface area contributed by atoms with E-state index in [1.165, 1.54) is 17.8 Å². The number of terminal acetylenes is 1. The molecule has 4 aromatic rings. The number of nitrogens with two attached hydrogens (primary N) is 1. The molecule has 2 heterocycles. The minimum absolute atomic E-state index is 0.0319. The molecule has 7 nitrogen and oxygen atoms in total. The molecule has 2 N–H and O–H groups in total. The van der Waals surface area contributed by atoms with E-state index >= 15 is 4.39 Å². The Hall–Kier alpha value is -3.97. The van der Waals surface area contributed by atoms with E-state index in [2.05, 4.69) is 29.7 Å². The van der Waals surface area contributed by atoms with E-state index in [1.807, 2.05) is 27.7 Å². The van der Waals surface area contributed by atoms with Gasteiger partial charge in [0.1, 0.15) is 28.4 Å². The van der Waals surface area contributed by atoms with Gasteiger partial charge in [0.05, 0.1) is 16.6 Å². The maximum Gasteiger partial charge on any atom is 0.410 e. The third kappa shape index (κ3) is 8.05. The van der Waals surface area contributed by atoms with Gasteiger partial charge in [-0.05, 0) is 69.6 Å². The lowest BCUT2D eigenvalue weighted by Crippen LogP contribution is -2.39. The molecule has 0 fully saturated rings. The average molecular weight is 648 g/mol. The standard InChI is InChI=1S/C36H43F2N5O2S/c1-8-11-20-43(35(44)45-36(5,6)7)21-22(4)14-12-17-27-29-32(41-34(46-10-3)42-33(29)39)30(38)31(40-27)25-16-13-15-23-18-19-26(37)24(9-2)28(23)25/h2,13,15-16,18-19,22H,8,10-12,14,17,20-21H2,1,3-7H3,(H2,39,41,42). The number of ether oxygens (including phenoxy) is 1. The molecule has 2 aromatic heterocycles. The van der Waals surface area contributed by atoms with Crippen LogP contribution in [0, 0.1) is 29.9 Å². The third-order valence-electron chi connectivity index (χ3n) is 7.61. The lowest BCUT2D eigenvalue weighted by molar-refractivity contribution is 0.0219. The van der Waals surface area contributed by atoms with E-state index in [9.17, 15) is 9.18 Å². The number of carbonyl (C=O) groups is 1. The highest BCUT2D eigenvalue weighted by Crippen LogP contribution is 2.37. The molecule has 1 atom stereocenters. The van der Waals surface area contributed by atoms with Crippen LogP contribution in [0.1, 0.15) is 78.5 Å². The molecule has 10 heteroatoms. The topological polar surface area (TPSA) is 94.2 Å². The zero-order valence-electron chi connectivity index (χ0n) is 27.5.